The summed E-state index contributed by atoms with van der Waals surface area (Å²) in [6, 6.07) is 8.54. The first-order valence-electron chi connectivity index (χ1n) is 8.23. The number of nitro benzene ring substituents is 1. The van der Waals surface area contributed by atoms with Gasteiger partial charge in [0.1, 0.15) is 6.54 Å². The van der Waals surface area contributed by atoms with Crippen molar-refractivity contribution in [3.8, 4) is 5.75 Å². The highest BCUT2D eigenvalue weighted by Gasteiger charge is 2.17. The molecule has 9 heteroatoms. The summed E-state index contributed by atoms with van der Waals surface area (Å²) in [5.74, 6) is -0.577. The first-order valence-corrected chi connectivity index (χ1v) is 8.61. The number of carbonyl (C=O) groups is 1. The van der Waals surface area contributed by atoms with Gasteiger partial charge in [-0.2, -0.15) is 0 Å². The van der Waals surface area contributed by atoms with Crippen molar-refractivity contribution in [2.45, 2.75) is 13.5 Å². The van der Waals surface area contributed by atoms with Gasteiger partial charge in [-0.1, -0.05) is 11.6 Å². The molecule has 0 saturated heterocycles. The van der Waals surface area contributed by atoms with Crippen molar-refractivity contribution in [2.75, 3.05) is 25.5 Å². The quantitative estimate of drug-likeness (QED) is 0.530. The van der Waals surface area contributed by atoms with Crippen LogP contribution >= 0.6 is 11.6 Å². The normalized spacial score (nSPS) is 11.7. The van der Waals surface area contributed by atoms with E-state index in [-0.39, 0.29) is 28.9 Å². The van der Waals surface area contributed by atoms with Crippen LogP contribution in [0, 0.1) is 15.9 Å². The largest absolute Gasteiger partial charge is 0.494 e. The minimum atomic E-state index is -0.561. The maximum absolute atomic E-state index is 13.8. The van der Waals surface area contributed by atoms with Crippen LogP contribution in [0.1, 0.15) is 12.5 Å². The lowest BCUT2D eigenvalue weighted by Gasteiger charge is -2.18. The van der Waals surface area contributed by atoms with Crippen molar-refractivity contribution in [1.82, 2.24) is 0 Å². The predicted molar refractivity (Wildman–Crippen MR) is 99.8 cm³/mol. The molecule has 0 aliphatic rings. The van der Waals surface area contributed by atoms with Crippen LogP contribution < -0.4 is 15.0 Å². The summed E-state index contributed by atoms with van der Waals surface area (Å²) < 4.78 is 18.7. The summed E-state index contributed by atoms with van der Waals surface area (Å²) in [6.07, 6.45) is 0. The Kier molecular flexibility index (Phi) is 7.09. The molecule has 144 valence electrons. The number of carbonyl (C=O) groups excluding carboxylic acids is 1. The van der Waals surface area contributed by atoms with Crippen LogP contribution in [0.2, 0.25) is 5.02 Å². The Hall–Kier alpha value is -2.71. The molecule has 0 radical (unpaired) electrons. The van der Waals surface area contributed by atoms with Crippen LogP contribution in [-0.4, -0.2) is 31.0 Å². The first-order chi connectivity index (χ1) is 12.8. The number of nitrogens with zero attached hydrogens (tertiary/aromatic N) is 1. The van der Waals surface area contributed by atoms with E-state index in [1.165, 1.54) is 31.4 Å². The standard InChI is InChI=1S/C18H19ClFN3O4/c1-3-22(10-12-4-7-17(27-2)15(20)8-12)11-18(24)21-16-6-5-13(23(25)26)9-14(16)19/h4-9H,3,10-11H2,1-2H3,(H,21,24)/p+1. The number of anilines is 1. The van der Waals surface area contributed by atoms with Gasteiger partial charge in [0.05, 0.1) is 29.3 Å². The molecule has 0 aromatic heterocycles. The van der Waals surface area contributed by atoms with Gasteiger partial charge >= 0.3 is 0 Å². The number of rotatable bonds is 8. The molecule has 2 N–H and O–H groups in total. The molecule has 0 saturated carbocycles. The Morgan fingerprint density at radius 1 is 1.33 bits per heavy atom. The van der Waals surface area contributed by atoms with Crippen molar-refractivity contribution in [1.29, 1.82) is 0 Å². The molecule has 1 unspecified atom stereocenters. The lowest BCUT2D eigenvalue weighted by Crippen LogP contribution is -3.11. The van der Waals surface area contributed by atoms with Gasteiger partial charge in [0, 0.05) is 17.7 Å². The van der Waals surface area contributed by atoms with Crippen LogP contribution in [-0.2, 0) is 11.3 Å². The van der Waals surface area contributed by atoms with E-state index in [4.69, 9.17) is 16.3 Å². The lowest BCUT2D eigenvalue weighted by molar-refractivity contribution is -0.903. The highest BCUT2D eigenvalue weighted by Crippen LogP contribution is 2.26. The van der Waals surface area contributed by atoms with Crippen LogP contribution in [0.4, 0.5) is 15.8 Å². The number of nitro groups is 1. The zero-order valence-electron chi connectivity index (χ0n) is 14.9. The molecule has 1 amide bonds. The second kappa shape index (κ2) is 9.29. The predicted octanol–water partition coefficient (Wildman–Crippen LogP) is 2.44. The van der Waals surface area contributed by atoms with E-state index in [1.54, 1.807) is 12.1 Å². The Bertz CT molecular complexity index is 847. The topological polar surface area (TPSA) is 85.9 Å². The second-order valence-electron chi connectivity index (χ2n) is 5.90. The van der Waals surface area contributed by atoms with Crippen LogP contribution in [0.3, 0.4) is 0 Å². The molecular weight excluding hydrogens is 377 g/mol. The van der Waals surface area contributed by atoms with Gasteiger partial charge in [0.2, 0.25) is 0 Å². The van der Waals surface area contributed by atoms with Crippen molar-refractivity contribution in [2.24, 2.45) is 0 Å². The molecule has 0 heterocycles. The van der Waals surface area contributed by atoms with E-state index < -0.39 is 10.7 Å². The summed E-state index contributed by atoms with van der Waals surface area (Å²) >= 11 is 5.98. The smallest absolute Gasteiger partial charge is 0.279 e. The highest BCUT2D eigenvalue weighted by atomic mass is 35.5. The number of likely N-dealkylation sites (N-methyl/N-ethyl adjacent to an activating group) is 1. The fourth-order valence-corrected chi connectivity index (χ4v) is 2.78. The molecule has 0 aliphatic heterocycles. The molecule has 2 aromatic rings. The molecule has 7 nitrogen and oxygen atoms in total. The van der Waals surface area contributed by atoms with Gasteiger partial charge in [-0.3, -0.25) is 14.9 Å². The van der Waals surface area contributed by atoms with E-state index >= 15 is 0 Å². The zero-order valence-corrected chi connectivity index (χ0v) is 15.7. The van der Waals surface area contributed by atoms with E-state index in [9.17, 15) is 19.3 Å². The third kappa shape index (κ3) is 5.63. The molecule has 1 atom stereocenters. The maximum Gasteiger partial charge on any atom is 0.279 e. The fourth-order valence-electron chi connectivity index (χ4n) is 2.56. The molecule has 0 bridgehead atoms. The monoisotopic (exact) mass is 396 g/mol. The summed E-state index contributed by atoms with van der Waals surface area (Å²) in [7, 11) is 1.40. The summed E-state index contributed by atoms with van der Waals surface area (Å²) in [5.41, 5.74) is 0.893. The number of hydrogen-bond acceptors (Lipinski definition) is 4. The van der Waals surface area contributed by atoms with Crippen LogP contribution in [0.5, 0.6) is 5.75 Å². The number of quaternary nitrogens is 1. The third-order valence-corrected chi connectivity index (χ3v) is 4.33. The van der Waals surface area contributed by atoms with E-state index in [0.717, 1.165) is 10.5 Å². The van der Waals surface area contributed by atoms with Crippen molar-refractivity contribution in [3.05, 3.63) is 62.9 Å². The zero-order chi connectivity index (χ0) is 20.0. The van der Waals surface area contributed by atoms with E-state index in [2.05, 4.69) is 5.32 Å². The van der Waals surface area contributed by atoms with Gasteiger partial charge in [-0.15, -0.1) is 0 Å². The highest BCUT2D eigenvalue weighted by molar-refractivity contribution is 6.33. The van der Waals surface area contributed by atoms with Crippen LogP contribution in [0.15, 0.2) is 36.4 Å². The minimum Gasteiger partial charge on any atom is -0.494 e. The second-order valence-corrected chi connectivity index (χ2v) is 6.30. The number of ether oxygens (including phenoxy) is 1. The third-order valence-electron chi connectivity index (χ3n) is 4.02. The Balaban J connectivity index is 2.00. The molecule has 0 spiro atoms. The maximum atomic E-state index is 13.8. The average Bonchev–Trinajstić information content (AvgIpc) is 2.62. The fraction of sp³-hybridized carbons (Fsp3) is 0.278. The van der Waals surface area contributed by atoms with Crippen molar-refractivity contribution < 1.29 is 23.7 Å². The number of non-ortho nitro benzene ring substituents is 1. The lowest BCUT2D eigenvalue weighted by atomic mass is 10.2. The first kappa shape index (κ1) is 20.6. The SMILES string of the molecule is CC[NH+](CC(=O)Nc1ccc([N+](=O)[O-])cc1Cl)Cc1ccc(OC)c(F)c1. The minimum absolute atomic E-state index is 0.0906. The summed E-state index contributed by atoms with van der Waals surface area (Å²) in [6.45, 7) is 3.16. The van der Waals surface area contributed by atoms with Gasteiger partial charge in [-0.25, -0.2) is 4.39 Å². The Labute approximate surface area is 160 Å². The molecular formula is C18H20ClFN3O4+. The van der Waals surface area contributed by atoms with Gasteiger partial charge in [0.15, 0.2) is 18.1 Å². The Morgan fingerprint density at radius 2 is 2.07 bits per heavy atom. The summed E-state index contributed by atoms with van der Waals surface area (Å²) in [5, 5.41) is 13.5. The molecule has 27 heavy (non-hydrogen) atoms. The summed E-state index contributed by atoms with van der Waals surface area (Å²) in [4.78, 5) is 23.4. The number of halogens is 2. The average molecular weight is 397 g/mol. The number of amides is 1. The Morgan fingerprint density at radius 3 is 2.63 bits per heavy atom. The number of hydrogen-bond donors (Lipinski definition) is 2. The van der Waals surface area contributed by atoms with E-state index in [0.29, 0.717) is 18.8 Å². The molecule has 2 aromatic carbocycles. The number of benzene rings is 2. The number of nitrogens with one attached hydrogen (secondary N) is 2. The molecule has 2 rings (SSSR count). The van der Waals surface area contributed by atoms with Crippen LogP contribution in [0.25, 0.3) is 0 Å². The van der Waals surface area contributed by atoms with Gasteiger partial charge < -0.3 is 15.0 Å². The van der Waals surface area contributed by atoms with Gasteiger partial charge in [0.25, 0.3) is 11.6 Å². The number of methoxy groups -OCH3 is 1. The van der Waals surface area contributed by atoms with E-state index in [1.807, 2.05) is 6.92 Å². The molecule has 0 aliphatic carbocycles. The molecule has 0 fully saturated rings. The van der Waals surface area contributed by atoms with Crippen molar-refractivity contribution in [3.63, 3.8) is 0 Å². The van der Waals surface area contributed by atoms with Crippen molar-refractivity contribution >= 4 is 28.9 Å². The van der Waals surface area contributed by atoms with Gasteiger partial charge in [-0.05, 0) is 31.2 Å².